The SMILES string of the molecule is CC(=O)OCC(C)(C)OC(=O)n1ccnc1. The Morgan fingerprint density at radius 1 is 1.44 bits per heavy atom. The minimum Gasteiger partial charge on any atom is -0.462 e. The Balaban J connectivity index is 2.52. The van der Waals surface area contributed by atoms with Crippen molar-refractivity contribution < 1.29 is 19.1 Å². The van der Waals surface area contributed by atoms with Gasteiger partial charge in [-0.3, -0.25) is 4.79 Å². The summed E-state index contributed by atoms with van der Waals surface area (Å²) in [5.74, 6) is -0.410. The molecule has 16 heavy (non-hydrogen) atoms. The summed E-state index contributed by atoms with van der Waals surface area (Å²) in [5, 5.41) is 0. The zero-order chi connectivity index (χ0) is 12.2. The first-order valence-corrected chi connectivity index (χ1v) is 4.75. The zero-order valence-electron chi connectivity index (χ0n) is 9.47. The van der Waals surface area contributed by atoms with Gasteiger partial charge in [0.05, 0.1) is 0 Å². The van der Waals surface area contributed by atoms with Gasteiger partial charge in [-0.25, -0.2) is 14.3 Å². The number of rotatable bonds is 3. The maximum absolute atomic E-state index is 11.5. The lowest BCUT2D eigenvalue weighted by Gasteiger charge is -2.24. The van der Waals surface area contributed by atoms with Crippen molar-refractivity contribution in [2.45, 2.75) is 26.4 Å². The average Bonchev–Trinajstić information content (AvgIpc) is 2.67. The minimum atomic E-state index is -0.868. The highest BCUT2D eigenvalue weighted by molar-refractivity contribution is 5.70. The lowest BCUT2D eigenvalue weighted by atomic mass is 10.1. The number of aromatic nitrogens is 2. The van der Waals surface area contributed by atoms with Gasteiger partial charge >= 0.3 is 12.1 Å². The molecule has 88 valence electrons. The van der Waals surface area contributed by atoms with Gasteiger partial charge in [-0.15, -0.1) is 0 Å². The highest BCUT2D eigenvalue weighted by atomic mass is 16.6. The molecule has 0 unspecified atom stereocenters. The highest BCUT2D eigenvalue weighted by Crippen LogP contribution is 2.11. The van der Waals surface area contributed by atoms with Crippen LogP contribution >= 0.6 is 0 Å². The monoisotopic (exact) mass is 226 g/mol. The molecule has 6 nitrogen and oxygen atoms in total. The summed E-state index contributed by atoms with van der Waals surface area (Å²) in [5.41, 5.74) is -0.868. The van der Waals surface area contributed by atoms with E-state index in [2.05, 4.69) is 4.98 Å². The largest absolute Gasteiger partial charge is 0.462 e. The van der Waals surface area contributed by atoms with Crippen LogP contribution in [0, 0.1) is 0 Å². The van der Waals surface area contributed by atoms with Gasteiger partial charge in [0.1, 0.15) is 18.5 Å². The Morgan fingerprint density at radius 3 is 2.62 bits per heavy atom. The van der Waals surface area contributed by atoms with Crippen molar-refractivity contribution in [1.82, 2.24) is 9.55 Å². The highest BCUT2D eigenvalue weighted by Gasteiger charge is 2.25. The summed E-state index contributed by atoms with van der Waals surface area (Å²) in [6, 6.07) is 0. The number of esters is 1. The second kappa shape index (κ2) is 4.78. The summed E-state index contributed by atoms with van der Waals surface area (Å²) in [4.78, 5) is 25.9. The first kappa shape index (κ1) is 12.2. The first-order valence-electron chi connectivity index (χ1n) is 4.75. The number of imidazole rings is 1. The molecule has 1 aromatic heterocycles. The average molecular weight is 226 g/mol. The molecule has 0 atom stereocenters. The van der Waals surface area contributed by atoms with Crippen molar-refractivity contribution in [1.29, 1.82) is 0 Å². The van der Waals surface area contributed by atoms with Gasteiger partial charge in [0.15, 0.2) is 0 Å². The maximum Gasteiger partial charge on any atom is 0.419 e. The minimum absolute atomic E-state index is 0.0166. The van der Waals surface area contributed by atoms with E-state index in [9.17, 15) is 9.59 Å². The predicted octanol–water partition coefficient (Wildman–Crippen LogP) is 1.21. The normalized spacial score (nSPS) is 10.9. The van der Waals surface area contributed by atoms with Crippen LogP contribution in [-0.4, -0.2) is 33.8 Å². The maximum atomic E-state index is 11.5. The molecule has 0 bridgehead atoms. The van der Waals surface area contributed by atoms with E-state index < -0.39 is 17.7 Å². The third kappa shape index (κ3) is 3.72. The van der Waals surface area contributed by atoms with Crippen molar-refractivity contribution in [3.8, 4) is 0 Å². The second-order valence-electron chi connectivity index (χ2n) is 3.88. The molecule has 0 saturated heterocycles. The topological polar surface area (TPSA) is 70.4 Å². The summed E-state index contributed by atoms with van der Waals surface area (Å²) in [7, 11) is 0. The Bertz CT molecular complexity index is 370. The van der Waals surface area contributed by atoms with Crippen LogP contribution in [0.2, 0.25) is 0 Å². The molecule has 1 heterocycles. The van der Waals surface area contributed by atoms with Crippen molar-refractivity contribution in [3.05, 3.63) is 18.7 Å². The summed E-state index contributed by atoms with van der Waals surface area (Å²) < 4.78 is 11.1. The van der Waals surface area contributed by atoms with Gasteiger partial charge in [0, 0.05) is 19.3 Å². The van der Waals surface area contributed by atoms with Gasteiger partial charge in [-0.1, -0.05) is 0 Å². The first-order chi connectivity index (χ1) is 7.41. The Kier molecular flexibility index (Phi) is 3.65. The van der Waals surface area contributed by atoms with Gasteiger partial charge in [0.2, 0.25) is 0 Å². The molecule has 0 saturated carbocycles. The fourth-order valence-electron chi connectivity index (χ4n) is 0.961. The van der Waals surface area contributed by atoms with E-state index in [1.165, 1.54) is 30.2 Å². The molecule has 1 aromatic rings. The van der Waals surface area contributed by atoms with E-state index in [4.69, 9.17) is 9.47 Å². The van der Waals surface area contributed by atoms with Crippen molar-refractivity contribution in [2.75, 3.05) is 6.61 Å². The third-order valence-corrected chi connectivity index (χ3v) is 1.70. The lowest BCUT2D eigenvalue weighted by molar-refractivity contribution is -0.147. The summed E-state index contributed by atoms with van der Waals surface area (Å²) in [6.45, 7) is 4.63. The van der Waals surface area contributed by atoms with Gasteiger partial charge in [-0.05, 0) is 13.8 Å². The summed E-state index contributed by atoms with van der Waals surface area (Å²) >= 11 is 0. The zero-order valence-corrected chi connectivity index (χ0v) is 9.47. The molecule has 1 rings (SSSR count). The van der Waals surface area contributed by atoms with E-state index in [1.54, 1.807) is 13.8 Å². The number of nitrogens with zero attached hydrogens (tertiary/aromatic N) is 2. The molecule has 0 aromatic carbocycles. The van der Waals surface area contributed by atoms with Crippen molar-refractivity contribution >= 4 is 12.1 Å². The van der Waals surface area contributed by atoms with E-state index in [0.717, 1.165) is 0 Å². The van der Waals surface area contributed by atoms with Crippen LogP contribution in [0.1, 0.15) is 20.8 Å². The molecule has 0 spiro atoms. The fourth-order valence-corrected chi connectivity index (χ4v) is 0.961. The van der Waals surface area contributed by atoms with Crippen molar-refractivity contribution in [2.24, 2.45) is 0 Å². The van der Waals surface area contributed by atoms with Gasteiger partial charge in [-0.2, -0.15) is 0 Å². The fraction of sp³-hybridized carbons (Fsp3) is 0.500. The Morgan fingerprint density at radius 2 is 2.12 bits per heavy atom. The molecule has 0 aliphatic carbocycles. The second-order valence-corrected chi connectivity index (χ2v) is 3.88. The number of hydrogen-bond acceptors (Lipinski definition) is 5. The van der Waals surface area contributed by atoms with Crippen LogP contribution in [0.25, 0.3) is 0 Å². The number of hydrogen-bond donors (Lipinski definition) is 0. The molecular formula is C10H14N2O4. The van der Waals surface area contributed by atoms with E-state index >= 15 is 0 Å². The lowest BCUT2D eigenvalue weighted by Crippen LogP contribution is -2.35. The smallest absolute Gasteiger partial charge is 0.419 e. The summed E-state index contributed by atoms with van der Waals surface area (Å²) in [6.07, 6.45) is 3.73. The molecule has 0 amide bonds. The van der Waals surface area contributed by atoms with E-state index in [1.807, 2.05) is 0 Å². The van der Waals surface area contributed by atoms with Gasteiger partial charge in [0.25, 0.3) is 0 Å². The third-order valence-electron chi connectivity index (χ3n) is 1.70. The molecule has 0 fully saturated rings. The molecule has 0 aliphatic heterocycles. The number of carbonyl (C=O) groups excluding carboxylic acids is 2. The molecule has 0 N–H and O–H groups in total. The van der Waals surface area contributed by atoms with Crippen LogP contribution in [0.15, 0.2) is 18.7 Å². The standard InChI is InChI=1S/C10H14N2O4/c1-8(13)15-6-10(2,3)16-9(14)12-5-4-11-7-12/h4-5,7H,6H2,1-3H3. The Hall–Kier alpha value is -1.85. The van der Waals surface area contributed by atoms with Crippen LogP contribution in [0.3, 0.4) is 0 Å². The van der Waals surface area contributed by atoms with Crippen LogP contribution in [-0.2, 0) is 14.3 Å². The Labute approximate surface area is 93.2 Å². The van der Waals surface area contributed by atoms with Crippen LogP contribution in [0.5, 0.6) is 0 Å². The van der Waals surface area contributed by atoms with Crippen molar-refractivity contribution in [3.63, 3.8) is 0 Å². The van der Waals surface area contributed by atoms with E-state index in [0.29, 0.717) is 0 Å². The number of carbonyl (C=O) groups is 2. The van der Waals surface area contributed by atoms with Gasteiger partial charge < -0.3 is 9.47 Å². The van der Waals surface area contributed by atoms with Crippen LogP contribution < -0.4 is 0 Å². The van der Waals surface area contributed by atoms with Crippen LogP contribution in [0.4, 0.5) is 4.79 Å². The molecule has 0 radical (unpaired) electrons. The predicted molar refractivity (Wildman–Crippen MR) is 54.8 cm³/mol. The molecule has 6 heteroatoms. The molecule has 0 aliphatic rings. The molecular weight excluding hydrogens is 212 g/mol. The quantitative estimate of drug-likeness (QED) is 0.724. The van der Waals surface area contributed by atoms with E-state index in [-0.39, 0.29) is 6.61 Å². The number of ether oxygens (including phenoxy) is 2.